The van der Waals surface area contributed by atoms with Gasteiger partial charge in [-0.15, -0.1) is 6.42 Å². The molecule has 0 aliphatic carbocycles. The minimum absolute atomic E-state index is 0.205. The van der Waals surface area contributed by atoms with Crippen LogP contribution in [0, 0.1) is 12.3 Å². The summed E-state index contributed by atoms with van der Waals surface area (Å²) in [5, 5.41) is 8.31. The quantitative estimate of drug-likeness (QED) is 0.513. The number of aliphatic carboxylic acids is 1. The van der Waals surface area contributed by atoms with Crippen LogP contribution in [0.2, 0.25) is 0 Å². The van der Waals surface area contributed by atoms with Gasteiger partial charge in [-0.05, 0) is 6.42 Å². The second kappa shape index (κ2) is 6.72. The van der Waals surface area contributed by atoms with Crippen LogP contribution in [0.25, 0.3) is 0 Å². The van der Waals surface area contributed by atoms with Crippen LogP contribution in [0.4, 0.5) is 0 Å². The molecule has 0 aromatic heterocycles. The number of terminal acetylenes is 1. The van der Waals surface area contributed by atoms with Crippen LogP contribution in [0.3, 0.4) is 0 Å². The zero-order chi connectivity index (χ0) is 11.0. The van der Waals surface area contributed by atoms with Crippen LogP contribution in [0.15, 0.2) is 12.2 Å². The molecule has 0 aliphatic heterocycles. The minimum Gasteiger partial charge on any atom is -0.478 e. The van der Waals surface area contributed by atoms with Gasteiger partial charge in [0.25, 0.3) is 0 Å². The van der Waals surface area contributed by atoms with Gasteiger partial charge in [0.1, 0.15) is 0 Å². The lowest BCUT2D eigenvalue weighted by atomic mass is 10.3. The molecule has 4 nitrogen and oxygen atoms in total. The maximum absolute atomic E-state index is 11.3. The lowest BCUT2D eigenvalue weighted by molar-refractivity contribution is -0.132. The van der Waals surface area contributed by atoms with E-state index in [1.807, 2.05) is 6.92 Å². The summed E-state index contributed by atoms with van der Waals surface area (Å²) in [5.74, 6) is 0.834. The number of carbonyl (C=O) groups is 2. The van der Waals surface area contributed by atoms with Crippen molar-refractivity contribution in [2.45, 2.75) is 13.3 Å². The Morgan fingerprint density at radius 1 is 1.50 bits per heavy atom. The SMILES string of the molecule is C#CCN(CCC)C(=O)/C=C/C(=O)O. The van der Waals surface area contributed by atoms with Gasteiger partial charge in [-0.2, -0.15) is 0 Å². The molecule has 0 saturated carbocycles. The maximum Gasteiger partial charge on any atom is 0.328 e. The third kappa shape index (κ3) is 4.99. The van der Waals surface area contributed by atoms with Crippen LogP contribution in [0.5, 0.6) is 0 Å². The number of amides is 1. The fraction of sp³-hybridized carbons (Fsp3) is 0.400. The molecule has 1 amide bonds. The highest BCUT2D eigenvalue weighted by atomic mass is 16.4. The molecule has 0 heterocycles. The predicted octanol–water partition coefficient (Wildman–Crippen LogP) is 0.499. The number of hydrogen-bond acceptors (Lipinski definition) is 2. The Morgan fingerprint density at radius 3 is 2.57 bits per heavy atom. The van der Waals surface area contributed by atoms with Gasteiger partial charge < -0.3 is 10.0 Å². The van der Waals surface area contributed by atoms with E-state index in [9.17, 15) is 9.59 Å². The van der Waals surface area contributed by atoms with E-state index in [4.69, 9.17) is 11.5 Å². The van der Waals surface area contributed by atoms with Gasteiger partial charge in [0.2, 0.25) is 5.91 Å². The zero-order valence-electron chi connectivity index (χ0n) is 8.06. The highest BCUT2D eigenvalue weighted by Crippen LogP contribution is 1.93. The summed E-state index contributed by atoms with van der Waals surface area (Å²) in [6, 6.07) is 0. The summed E-state index contributed by atoms with van der Waals surface area (Å²) < 4.78 is 0. The first-order valence-electron chi connectivity index (χ1n) is 4.25. The molecular weight excluding hydrogens is 182 g/mol. The van der Waals surface area contributed by atoms with Gasteiger partial charge in [-0.3, -0.25) is 4.79 Å². The molecule has 4 heteroatoms. The van der Waals surface area contributed by atoms with E-state index in [-0.39, 0.29) is 12.5 Å². The number of carboxylic acid groups (broad SMARTS) is 1. The Bertz CT molecular complexity index is 276. The molecule has 0 atom stereocenters. The van der Waals surface area contributed by atoms with Crippen molar-refractivity contribution in [1.29, 1.82) is 0 Å². The summed E-state index contributed by atoms with van der Waals surface area (Å²) >= 11 is 0. The molecule has 0 saturated heterocycles. The Morgan fingerprint density at radius 2 is 2.14 bits per heavy atom. The van der Waals surface area contributed by atoms with Gasteiger partial charge in [0, 0.05) is 18.7 Å². The third-order valence-electron chi connectivity index (χ3n) is 1.46. The topological polar surface area (TPSA) is 57.6 Å². The van der Waals surface area contributed by atoms with Crippen LogP contribution in [-0.4, -0.2) is 35.0 Å². The van der Waals surface area contributed by atoms with Crippen LogP contribution < -0.4 is 0 Å². The second-order valence-corrected chi connectivity index (χ2v) is 2.64. The summed E-state index contributed by atoms with van der Waals surface area (Å²) in [7, 11) is 0. The molecule has 0 aliphatic rings. The van der Waals surface area contributed by atoms with Gasteiger partial charge in [0.15, 0.2) is 0 Å². The van der Waals surface area contributed by atoms with E-state index < -0.39 is 5.97 Å². The Hall–Kier alpha value is -1.76. The monoisotopic (exact) mass is 195 g/mol. The lowest BCUT2D eigenvalue weighted by Gasteiger charge is -2.16. The van der Waals surface area contributed by atoms with Crippen LogP contribution in [-0.2, 0) is 9.59 Å². The van der Waals surface area contributed by atoms with Crippen molar-refractivity contribution in [1.82, 2.24) is 4.90 Å². The molecule has 0 bridgehead atoms. The number of rotatable bonds is 5. The van der Waals surface area contributed by atoms with Crippen LogP contribution in [0.1, 0.15) is 13.3 Å². The lowest BCUT2D eigenvalue weighted by Crippen LogP contribution is -2.30. The van der Waals surface area contributed by atoms with Crippen LogP contribution >= 0.6 is 0 Å². The summed E-state index contributed by atoms with van der Waals surface area (Å²) in [4.78, 5) is 22.9. The first-order chi connectivity index (χ1) is 6.61. The predicted molar refractivity (Wildman–Crippen MR) is 52.5 cm³/mol. The smallest absolute Gasteiger partial charge is 0.328 e. The van der Waals surface area contributed by atoms with Crippen molar-refractivity contribution in [2.24, 2.45) is 0 Å². The van der Waals surface area contributed by atoms with E-state index in [0.717, 1.165) is 18.6 Å². The first-order valence-corrected chi connectivity index (χ1v) is 4.25. The van der Waals surface area contributed by atoms with E-state index in [0.29, 0.717) is 6.54 Å². The largest absolute Gasteiger partial charge is 0.478 e. The molecular formula is C10H13NO3. The van der Waals surface area contributed by atoms with E-state index >= 15 is 0 Å². The number of carboxylic acids is 1. The van der Waals surface area contributed by atoms with Gasteiger partial charge in [-0.1, -0.05) is 12.8 Å². The average molecular weight is 195 g/mol. The van der Waals surface area contributed by atoms with Gasteiger partial charge >= 0.3 is 5.97 Å². The van der Waals surface area contributed by atoms with E-state index in [1.165, 1.54) is 4.90 Å². The highest BCUT2D eigenvalue weighted by Gasteiger charge is 2.07. The maximum atomic E-state index is 11.3. The molecule has 0 spiro atoms. The minimum atomic E-state index is -1.14. The van der Waals surface area contributed by atoms with E-state index in [2.05, 4.69) is 5.92 Å². The second-order valence-electron chi connectivity index (χ2n) is 2.64. The molecule has 0 aromatic rings. The van der Waals surface area contributed by atoms with Gasteiger partial charge in [-0.25, -0.2) is 4.79 Å². The fourth-order valence-electron chi connectivity index (χ4n) is 0.895. The number of carbonyl (C=O) groups excluding carboxylic acids is 1. The Balaban J connectivity index is 4.29. The Labute approximate surface area is 83.2 Å². The summed E-state index contributed by atoms with van der Waals surface area (Å²) in [6.45, 7) is 2.65. The average Bonchev–Trinajstić information content (AvgIpc) is 2.14. The molecule has 0 unspecified atom stereocenters. The standard InChI is InChI=1S/C10H13NO3/c1-3-7-11(8-4-2)9(12)5-6-10(13)14/h1,5-6H,4,7-8H2,2H3,(H,13,14)/b6-5+. The van der Waals surface area contributed by atoms with Crippen molar-refractivity contribution in [2.75, 3.05) is 13.1 Å². The Kier molecular flexibility index (Phi) is 5.88. The summed E-state index contributed by atoms with van der Waals surface area (Å²) in [6.07, 6.45) is 7.67. The third-order valence-corrected chi connectivity index (χ3v) is 1.46. The molecule has 1 N–H and O–H groups in total. The zero-order valence-corrected chi connectivity index (χ0v) is 8.06. The van der Waals surface area contributed by atoms with Crippen molar-refractivity contribution < 1.29 is 14.7 Å². The molecule has 0 aromatic carbocycles. The fourth-order valence-corrected chi connectivity index (χ4v) is 0.895. The first kappa shape index (κ1) is 12.2. The van der Waals surface area contributed by atoms with Crippen molar-refractivity contribution in [3.05, 3.63) is 12.2 Å². The molecule has 14 heavy (non-hydrogen) atoms. The molecule has 76 valence electrons. The van der Waals surface area contributed by atoms with Crippen molar-refractivity contribution in [3.8, 4) is 12.3 Å². The summed E-state index contributed by atoms with van der Waals surface area (Å²) in [5.41, 5.74) is 0. The highest BCUT2D eigenvalue weighted by molar-refractivity contribution is 5.94. The van der Waals surface area contributed by atoms with Crippen molar-refractivity contribution >= 4 is 11.9 Å². The molecule has 0 fully saturated rings. The van der Waals surface area contributed by atoms with E-state index in [1.54, 1.807) is 0 Å². The molecule has 0 rings (SSSR count). The van der Waals surface area contributed by atoms with Crippen molar-refractivity contribution in [3.63, 3.8) is 0 Å². The number of nitrogens with zero attached hydrogens (tertiary/aromatic N) is 1. The normalized spacial score (nSPS) is 9.71. The van der Waals surface area contributed by atoms with Gasteiger partial charge in [0.05, 0.1) is 6.54 Å². The number of hydrogen-bond donors (Lipinski definition) is 1. The molecule has 0 radical (unpaired) electrons.